The number of amides is 2. The molecule has 6 heteroatoms. The lowest BCUT2D eigenvalue weighted by Gasteiger charge is -2.11. The molecule has 0 aliphatic heterocycles. The van der Waals surface area contributed by atoms with E-state index in [0.29, 0.717) is 5.06 Å². The van der Waals surface area contributed by atoms with Crippen LogP contribution in [-0.4, -0.2) is 24.2 Å². The number of primary amides is 1. The molecule has 0 aromatic carbocycles. The third-order valence-electron chi connectivity index (χ3n) is 0.546. The van der Waals surface area contributed by atoms with Crippen LogP contribution in [0.1, 0.15) is 0 Å². The van der Waals surface area contributed by atoms with Gasteiger partial charge in [0.25, 0.3) is 0 Å². The van der Waals surface area contributed by atoms with Crippen LogP contribution in [-0.2, 0) is 4.84 Å². The maximum absolute atomic E-state index is 10.1. The second-order valence-corrected chi connectivity index (χ2v) is 1.29. The first-order chi connectivity index (χ1) is 4.04. The predicted molar refractivity (Wildman–Crippen MR) is 30.3 cm³/mol. The van der Waals surface area contributed by atoms with Crippen molar-refractivity contribution in [2.45, 2.75) is 0 Å². The molecule has 6 nitrogen and oxygen atoms in total. The van der Waals surface area contributed by atoms with Crippen molar-refractivity contribution in [1.82, 2.24) is 5.06 Å². The van der Waals surface area contributed by atoms with E-state index in [1.807, 2.05) is 0 Å². The van der Waals surface area contributed by atoms with Gasteiger partial charge in [0, 0.05) is 0 Å². The number of hydroxylamine groups is 2. The fourth-order valence-corrected chi connectivity index (χ4v) is 0.193. The summed E-state index contributed by atoms with van der Waals surface area (Å²) in [6.45, 7) is 0. The van der Waals surface area contributed by atoms with Gasteiger partial charge in [-0.1, -0.05) is 0 Å². The minimum absolute atomic E-state index is 0.573. The quantitative estimate of drug-likeness (QED) is 0.219. The van der Waals surface area contributed by atoms with Gasteiger partial charge in [0.2, 0.25) is 0 Å². The van der Waals surface area contributed by atoms with Crippen LogP contribution in [0.5, 0.6) is 0 Å². The highest BCUT2D eigenvalue weighted by molar-refractivity contribution is 5.74. The summed E-state index contributed by atoms with van der Waals surface area (Å²) in [6, 6.07) is -1.37. The van der Waals surface area contributed by atoms with E-state index >= 15 is 0 Å². The smallest absolute Gasteiger partial charge is 0.347 e. The third-order valence-corrected chi connectivity index (χ3v) is 0.546. The van der Waals surface area contributed by atoms with Gasteiger partial charge in [-0.15, -0.1) is 0 Å². The molecule has 0 bridgehead atoms. The van der Waals surface area contributed by atoms with Crippen molar-refractivity contribution in [2.75, 3.05) is 7.05 Å². The largest absolute Gasteiger partial charge is 0.352 e. The van der Waals surface area contributed by atoms with Crippen molar-refractivity contribution < 1.29 is 9.63 Å². The molecule has 0 spiro atoms. The zero-order valence-electron chi connectivity index (χ0n) is 4.92. The molecule has 9 heavy (non-hydrogen) atoms. The van der Waals surface area contributed by atoms with Gasteiger partial charge < -0.3 is 16.3 Å². The van der Waals surface area contributed by atoms with Crippen LogP contribution in [0.4, 0.5) is 4.79 Å². The number of hydrogen-bond donors (Lipinski definition) is 3. The Bertz CT molecular complexity index is 134. The standard InChI is InChI=1S/C3H8N4O2/c1-7(3(6)8)9-2(4)5/h1H3,(H3,4,5)(H2,6,8). The summed E-state index contributed by atoms with van der Waals surface area (Å²) in [5.41, 5.74) is 9.44. The molecule has 0 aliphatic carbocycles. The summed E-state index contributed by atoms with van der Waals surface area (Å²) in [4.78, 5) is 14.3. The van der Waals surface area contributed by atoms with E-state index < -0.39 is 12.1 Å². The summed E-state index contributed by atoms with van der Waals surface area (Å²) < 4.78 is 0. The Morgan fingerprint density at radius 1 is 1.67 bits per heavy atom. The normalized spacial score (nSPS) is 8.11. The van der Waals surface area contributed by atoms with Crippen LogP contribution < -0.4 is 11.5 Å². The second kappa shape index (κ2) is 2.75. The van der Waals surface area contributed by atoms with E-state index in [4.69, 9.17) is 16.9 Å². The van der Waals surface area contributed by atoms with Crippen molar-refractivity contribution in [3.05, 3.63) is 0 Å². The van der Waals surface area contributed by atoms with Crippen LogP contribution in [0, 0.1) is 5.41 Å². The monoisotopic (exact) mass is 132 g/mol. The average Bonchev–Trinajstić information content (AvgIpc) is 1.63. The fourth-order valence-electron chi connectivity index (χ4n) is 0.193. The highest BCUT2D eigenvalue weighted by Crippen LogP contribution is 1.80. The second-order valence-electron chi connectivity index (χ2n) is 1.29. The van der Waals surface area contributed by atoms with E-state index in [9.17, 15) is 4.79 Å². The molecule has 0 saturated heterocycles. The lowest BCUT2D eigenvalue weighted by atomic mass is 11.0. The number of nitrogens with one attached hydrogen (secondary N) is 1. The van der Waals surface area contributed by atoms with Gasteiger partial charge >= 0.3 is 12.1 Å². The first-order valence-corrected chi connectivity index (χ1v) is 2.09. The number of rotatable bonds is 0. The number of hydrogen-bond acceptors (Lipinski definition) is 3. The van der Waals surface area contributed by atoms with Crippen LogP contribution >= 0.6 is 0 Å². The van der Waals surface area contributed by atoms with E-state index in [-0.39, 0.29) is 0 Å². The minimum Gasteiger partial charge on any atom is -0.352 e. The van der Waals surface area contributed by atoms with Gasteiger partial charge in [0.15, 0.2) is 0 Å². The molecule has 52 valence electrons. The van der Waals surface area contributed by atoms with Gasteiger partial charge in [-0.3, -0.25) is 0 Å². The van der Waals surface area contributed by atoms with Gasteiger partial charge in [-0.25, -0.2) is 10.2 Å². The zero-order valence-corrected chi connectivity index (χ0v) is 4.92. The van der Waals surface area contributed by atoms with E-state index in [0.717, 1.165) is 0 Å². The molecular weight excluding hydrogens is 124 g/mol. The van der Waals surface area contributed by atoms with E-state index in [2.05, 4.69) is 4.84 Å². The van der Waals surface area contributed by atoms with Crippen LogP contribution in [0.2, 0.25) is 0 Å². The molecule has 0 radical (unpaired) electrons. The fraction of sp³-hybridized carbons (Fsp3) is 0.333. The van der Waals surface area contributed by atoms with Gasteiger partial charge in [0.05, 0.1) is 7.05 Å². The van der Waals surface area contributed by atoms with Crippen LogP contribution in [0.3, 0.4) is 0 Å². The minimum atomic E-state index is -0.801. The molecule has 0 unspecified atom stereocenters. The zero-order chi connectivity index (χ0) is 7.44. The number of nitrogens with two attached hydrogens (primary N) is 2. The lowest BCUT2D eigenvalue weighted by molar-refractivity contribution is -0.000619. The molecule has 0 heterocycles. The molecular formula is C3H8N4O2. The van der Waals surface area contributed by atoms with Crippen LogP contribution in [0.25, 0.3) is 0 Å². The maximum atomic E-state index is 10.1. The Balaban J connectivity index is 3.63. The molecule has 0 saturated carbocycles. The molecule has 2 amide bonds. The SMILES string of the molecule is CN(OC(=N)N)C(N)=O. The molecule has 0 fully saturated rings. The van der Waals surface area contributed by atoms with Crippen molar-refractivity contribution in [3.63, 3.8) is 0 Å². The number of carbonyl (C=O) groups is 1. The third kappa shape index (κ3) is 3.15. The summed E-state index contributed by atoms with van der Waals surface area (Å²) in [7, 11) is 1.25. The highest BCUT2D eigenvalue weighted by Gasteiger charge is 2.03. The first kappa shape index (κ1) is 7.54. The van der Waals surface area contributed by atoms with Crippen molar-refractivity contribution in [2.24, 2.45) is 11.5 Å². The number of carbonyl (C=O) groups excluding carboxylic acids is 1. The highest BCUT2D eigenvalue weighted by atomic mass is 16.7. The van der Waals surface area contributed by atoms with Crippen molar-refractivity contribution in [3.8, 4) is 0 Å². The van der Waals surface area contributed by atoms with E-state index in [1.54, 1.807) is 0 Å². The average molecular weight is 132 g/mol. The molecule has 0 rings (SSSR count). The number of amidine groups is 1. The summed E-state index contributed by atoms with van der Waals surface area (Å²) >= 11 is 0. The molecule has 0 atom stereocenters. The van der Waals surface area contributed by atoms with Gasteiger partial charge in [0.1, 0.15) is 0 Å². The Labute approximate surface area is 51.8 Å². The van der Waals surface area contributed by atoms with Crippen molar-refractivity contribution >= 4 is 12.1 Å². The van der Waals surface area contributed by atoms with Crippen molar-refractivity contribution in [1.29, 1.82) is 5.41 Å². The maximum Gasteiger partial charge on any atom is 0.347 e. The topological polar surface area (TPSA) is 105 Å². The number of nitrogens with zero attached hydrogens (tertiary/aromatic N) is 1. The van der Waals surface area contributed by atoms with E-state index in [1.165, 1.54) is 7.05 Å². The van der Waals surface area contributed by atoms with Gasteiger partial charge in [-0.2, -0.15) is 5.06 Å². The Hall–Kier alpha value is -1.46. The molecule has 0 aliphatic rings. The number of urea groups is 1. The summed E-state index contributed by atoms with van der Waals surface area (Å²) in [5, 5.41) is 7.18. The van der Waals surface area contributed by atoms with Crippen LogP contribution in [0.15, 0.2) is 0 Å². The first-order valence-electron chi connectivity index (χ1n) is 2.09. The summed E-state index contributed by atoms with van der Waals surface area (Å²) in [6.07, 6.45) is 0. The lowest BCUT2D eigenvalue weighted by Crippen LogP contribution is -2.36. The summed E-state index contributed by atoms with van der Waals surface area (Å²) in [5.74, 6) is 0. The predicted octanol–water partition coefficient (Wildman–Crippen LogP) is -1.18. The molecule has 0 aromatic rings. The Kier molecular flexibility index (Phi) is 2.31. The molecule has 5 N–H and O–H groups in total. The Morgan fingerprint density at radius 2 is 2.11 bits per heavy atom. The Morgan fingerprint density at radius 3 is 2.22 bits per heavy atom. The molecule has 0 aromatic heterocycles. The van der Waals surface area contributed by atoms with Gasteiger partial charge in [-0.05, 0) is 0 Å².